The van der Waals surface area contributed by atoms with Crippen molar-refractivity contribution in [2.45, 2.75) is 33.1 Å². The summed E-state index contributed by atoms with van der Waals surface area (Å²) in [5.74, 6) is 1.20. The van der Waals surface area contributed by atoms with E-state index in [0.29, 0.717) is 16.4 Å². The maximum atomic E-state index is 12.5. The number of para-hydroxylation sites is 1. The molecule has 0 aliphatic rings. The third-order valence-electron chi connectivity index (χ3n) is 3.51. The second-order valence-electron chi connectivity index (χ2n) is 6.46. The number of nitrogens with zero attached hydrogens (tertiary/aromatic N) is 1. The summed E-state index contributed by atoms with van der Waals surface area (Å²) in [4.78, 5) is 17.8. The minimum atomic E-state index is -0.0618. The summed E-state index contributed by atoms with van der Waals surface area (Å²) in [5, 5.41) is 0.968. The number of methoxy groups -OCH3 is 2. The lowest BCUT2D eigenvalue weighted by Crippen LogP contribution is -2.10. The summed E-state index contributed by atoms with van der Waals surface area (Å²) >= 11 is 1.46. The number of hydrogen-bond acceptors (Lipinski definition) is 5. The number of benzene rings is 1. The maximum Gasteiger partial charge on any atom is 0.197 e. The van der Waals surface area contributed by atoms with E-state index in [4.69, 9.17) is 9.47 Å². The lowest BCUT2D eigenvalue weighted by Gasteiger charge is -2.13. The molecule has 4 nitrogen and oxygen atoms in total. The molecule has 5 heteroatoms. The van der Waals surface area contributed by atoms with Gasteiger partial charge in [-0.1, -0.05) is 32.9 Å². The topological polar surface area (TPSA) is 48.4 Å². The molecule has 128 valence electrons. The van der Waals surface area contributed by atoms with Gasteiger partial charge in [-0.2, -0.15) is 0 Å². The Morgan fingerprint density at radius 1 is 1.21 bits per heavy atom. The number of carbonyl (C=O) groups is 1. The van der Waals surface area contributed by atoms with Gasteiger partial charge >= 0.3 is 0 Å². The summed E-state index contributed by atoms with van der Waals surface area (Å²) < 4.78 is 10.7. The van der Waals surface area contributed by atoms with E-state index >= 15 is 0 Å². The van der Waals surface area contributed by atoms with Crippen LogP contribution in [0.3, 0.4) is 0 Å². The van der Waals surface area contributed by atoms with Crippen molar-refractivity contribution in [1.29, 1.82) is 0 Å². The van der Waals surface area contributed by atoms with E-state index < -0.39 is 0 Å². The van der Waals surface area contributed by atoms with Gasteiger partial charge in [-0.3, -0.25) is 4.79 Å². The van der Waals surface area contributed by atoms with Crippen LogP contribution >= 0.6 is 11.3 Å². The van der Waals surface area contributed by atoms with Gasteiger partial charge in [0.2, 0.25) is 0 Å². The minimum absolute atomic E-state index is 0.0506. The van der Waals surface area contributed by atoms with Crippen LogP contribution in [0.4, 0.5) is 0 Å². The van der Waals surface area contributed by atoms with Crippen molar-refractivity contribution in [3.63, 3.8) is 0 Å². The van der Waals surface area contributed by atoms with E-state index in [1.165, 1.54) is 11.3 Å². The molecule has 1 aromatic heterocycles. The first kappa shape index (κ1) is 18.2. The normalized spacial score (nSPS) is 11.8. The van der Waals surface area contributed by atoms with Gasteiger partial charge in [0, 0.05) is 11.0 Å². The number of ketones is 1. The molecule has 0 atom stereocenters. The fourth-order valence-corrected chi connectivity index (χ4v) is 3.27. The van der Waals surface area contributed by atoms with Gasteiger partial charge in [0.05, 0.1) is 29.8 Å². The van der Waals surface area contributed by atoms with Crippen molar-refractivity contribution in [2.24, 2.45) is 0 Å². The van der Waals surface area contributed by atoms with Crippen LogP contribution in [0.5, 0.6) is 11.5 Å². The number of aromatic nitrogens is 1. The maximum absolute atomic E-state index is 12.5. The van der Waals surface area contributed by atoms with Gasteiger partial charge in [0.25, 0.3) is 0 Å². The first-order valence-corrected chi connectivity index (χ1v) is 8.51. The highest BCUT2D eigenvalue weighted by molar-refractivity contribution is 7.14. The standard InChI is InChI=1S/C19H23NO3S/c1-12-17(24-18(20-12)19(2,3)4)14(21)11-10-13-8-7-9-15(22-5)16(13)23-6/h7-11H,1-6H3/b11-10-. The molecule has 0 N–H and O–H groups in total. The number of thiazole rings is 1. The molecule has 0 spiro atoms. The Hall–Kier alpha value is -2.14. The molecule has 0 radical (unpaired) electrons. The largest absolute Gasteiger partial charge is 0.493 e. The third-order valence-corrected chi connectivity index (χ3v) is 5.11. The van der Waals surface area contributed by atoms with Crippen LogP contribution in [-0.2, 0) is 5.41 Å². The molecule has 2 rings (SSSR count). The van der Waals surface area contributed by atoms with E-state index in [9.17, 15) is 4.79 Å². The predicted octanol–water partition coefficient (Wildman–Crippen LogP) is 4.66. The Balaban J connectivity index is 2.31. The highest BCUT2D eigenvalue weighted by Crippen LogP contribution is 2.32. The van der Waals surface area contributed by atoms with Crippen molar-refractivity contribution < 1.29 is 14.3 Å². The first-order chi connectivity index (χ1) is 11.3. The van der Waals surface area contributed by atoms with Crippen LogP contribution in [0.15, 0.2) is 24.3 Å². The van der Waals surface area contributed by atoms with Gasteiger partial charge in [0.1, 0.15) is 0 Å². The average Bonchev–Trinajstić information content (AvgIpc) is 2.94. The van der Waals surface area contributed by atoms with Crippen LogP contribution in [0.1, 0.15) is 46.7 Å². The Labute approximate surface area is 147 Å². The first-order valence-electron chi connectivity index (χ1n) is 7.69. The molecule has 1 aromatic carbocycles. The van der Waals surface area contributed by atoms with E-state index in [-0.39, 0.29) is 11.2 Å². The van der Waals surface area contributed by atoms with E-state index in [2.05, 4.69) is 25.8 Å². The molecule has 24 heavy (non-hydrogen) atoms. The van der Waals surface area contributed by atoms with E-state index in [1.54, 1.807) is 26.4 Å². The second-order valence-corrected chi connectivity index (χ2v) is 7.46. The van der Waals surface area contributed by atoms with Crippen molar-refractivity contribution in [3.8, 4) is 11.5 Å². The van der Waals surface area contributed by atoms with Gasteiger partial charge in [-0.15, -0.1) is 11.3 Å². The summed E-state index contributed by atoms with van der Waals surface area (Å²) in [6.45, 7) is 8.16. The molecule has 0 aliphatic carbocycles. The SMILES string of the molecule is COc1cccc(/C=C\C(=O)c2sc(C(C)(C)C)nc2C)c1OC. The summed E-state index contributed by atoms with van der Waals surface area (Å²) in [7, 11) is 3.17. The quantitative estimate of drug-likeness (QED) is 0.584. The van der Waals surface area contributed by atoms with Gasteiger partial charge in [-0.25, -0.2) is 4.98 Å². The van der Waals surface area contributed by atoms with Crippen LogP contribution in [-0.4, -0.2) is 25.0 Å². The molecule has 0 saturated carbocycles. The molecule has 0 amide bonds. The zero-order valence-corrected chi connectivity index (χ0v) is 15.8. The van der Waals surface area contributed by atoms with E-state index in [1.807, 2.05) is 25.1 Å². The minimum Gasteiger partial charge on any atom is -0.493 e. The smallest absolute Gasteiger partial charge is 0.197 e. The number of aryl methyl sites for hydroxylation is 1. The van der Waals surface area contributed by atoms with E-state index in [0.717, 1.165) is 16.3 Å². The Morgan fingerprint density at radius 2 is 1.92 bits per heavy atom. The van der Waals surface area contributed by atoms with Gasteiger partial charge < -0.3 is 9.47 Å². The van der Waals surface area contributed by atoms with Crippen LogP contribution in [0.25, 0.3) is 6.08 Å². The molecule has 1 heterocycles. The van der Waals surface area contributed by atoms with Crippen LogP contribution in [0.2, 0.25) is 0 Å². The molecule has 0 aliphatic heterocycles. The Morgan fingerprint density at radius 3 is 2.46 bits per heavy atom. The number of carbonyl (C=O) groups excluding carboxylic acids is 1. The fourth-order valence-electron chi connectivity index (χ4n) is 2.23. The Kier molecular flexibility index (Phi) is 5.44. The molecular formula is C19H23NO3S. The average molecular weight is 345 g/mol. The summed E-state index contributed by atoms with van der Waals surface area (Å²) in [6, 6.07) is 5.56. The van der Waals surface area contributed by atoms with Crippen LogP contribution < -0.4 is 9.47 Å². The van der Waals surface area contributed by atoms with Crippen LogP contribution in [0, 0.1) is 6.92 Å². The number of ether oxygens (including phenoxy) is 2. The molecule has 0 saturated heterocycles. The predicted molar refractivity (Wildman–Crippen MR) is 98.5 cm³/mol. The zero-order valence-electron chi connectivity index (χ0n) is 15.0. The van der Waals surface area contributed by atoms with Crippen molar-refractivity contribution in [3.05, 3.63) is 45.4 Å². The summed E-state index contributed by atoms with van der Waals surface area (Å²) in [6.07, 6.45) is 3.31. The number of hydrogen-bond donors (Lipinski definition) is 0. The highest BCUT2D eigenvalue weighted by atomic mass is 32.1. The highest BCUT2D eigenvalue weighted by Gasteiger charge is 2.22. The summed E-state index contributed by atoms with van der Waals surface area (Å²) in [5.41, 5.74) is 1.51. The lowest BCUT2D eigenvalue weighted by atomic mass is 9.98. The molecular weight excluding hydrogens is 322 g/mol. The molecule has 0 bridgehead atoms. The molecule has 2 aromatic rings. The zero-order chi connectivity index (χ0) is 17.9. The van der Waals surface area contributed by atoms with Crippen molar-refractivity contribution in [2.75, 3.05) is 14.2 Å². The van der Waals surface area contributed by atoms with Gasteiger partial charge in [0.15, 0.2) is 17.3 Å². The number of rotatable bonds is 5. The fraction of sp³-hybridized carbons (Fsp3) is 0.368. The second kappa shape index (κ2) is 7.18. The van der Waals surface area contributed by atoms with Gasteiger partial charge in [-0.05, 0) is 25.1 Å². The molecule has 0 unspecified atom stereocenters. The molecule has 0 fully saturated rings. The third kappa shape index (κ3) is 3.85. The number of allylic oxidation sites excluding steroid dienone is 1. The monoisotopic (exact) mass is 345 g/mol. The van der Waals surface area contributed by atoms with Crippen molar-refractivity contribution >= 4 is 23.2 Å². The van der Waals surface area contributed by atoms with Crippen molar-refractivity contribution in [1.82, 2.24) is 4.98 Å². The lowest BCUT2D eigenvalue weighted by molar-refractivity contribution is 0.105. The Bertz CT molecular complexity index is 769.